The van der Waals surface area contributed by atoms with Gasteiger partial charge in [-0.15, -0.1) is 0 Å². The molecular formula is C32H36N6O3. The molecule has 9 heteroatoms. The molecule has 3 fully saturated rings. The molecule has 2 unspecified atom stereocenters. The third kappa shape index (κ3) is 5.08. The molecule has 2 aromatic carbocycles. The molecule has 1 aliphatic carbocycles. The highest BCUT2D eigenvalue weighted by atomic mass is 16.3. The summed E-state index contributed by atoms with van der Waals surface area (Å²) in [5, 5.41) is 14.7. The van der Waals surface area contributed by atoms with E-state index in [4.69, 9.17) is 4.98 Å². The predicted molar refractivity (Wildman–Crippen MR) is 155 cm³/mol. The minimum absolute atomic E-state index is 0.0266. The van der Waals surface area contributed by atoms with Crippen LogP contribution >= 0.6 is 0 Å². The lowest BCUT2D eigenvalue weighted by Gasteiger charge is -2.43. The normalized spacial score (nSPS) is 27.2. The number of hydrogen-bond acceptors (Lipinski definition) is 7. The summed E-state index contributed by atoms with van der Waals surface area (Å²) in [5.41, 5.74) is 3.88. The van der Waals surface area contributed by atoms with Gasteiger partial charge < -0.3 is 20.2 Å². The number of anilines is 1. The molecule has 2 amide bonds. The average molecular weight is 553 g/mol. The van der Waals surface area contributed by atoms with Crippen LogP contribution in [-0.2, 0) is 17.8 Å². The van der Waals surface area contributed by atoms with Crippen molar-refractivity contribution in [2.75, 3.05) is 38.0 Å². The van der Waals surface area contributed by atoms with E-state index in [1.807, 2.05) is 35.2 Å². The molecule has 3 aliphatic heterocycles. The fraction of sp³-hybridized carbons (Fsp3) is 0.438. The Morgan fingerprint density at radius 1 is 0.902 bits per heavy atom. The van der Waals surface area contributed by atoms with Gasteiger partial charge in [-0.1, -0.05) is 54.6 Å². The van der Waals surface area contributed by atoms with E-state index in [9.17, 15) is 14.7 Å². The van der Waals surface area contributed by atoms with E-state index in [0.29, 0.717) is 35.7 Å². The Balaban J connectivity index is 1.07. The van der Waals surface area contributed by atoms with Gasteiger partial charge in [-0.25, -0.2) is 9.97 Å². The molecule has 2 saturated heterocycles. The topological polar surface area (TPSA) is 102 Å². The molecule has 0 bridgehead atoms. The molecule has 9 nitrogen and oxygen atoms in total. The zero-order chi connectivity index (χ0) is 28.1. The van der Waals surface area contributed by atoms with Crippen LogP contribution in [0.5, 0.6) is 0 Å². The first-order chi connectivity index (χ1) is 19.9. The van der Waals surface area contributed by atoms with Crippen molar-refractivity contribution in [3.63, 3.8) is 0 Å². The number of carbonyl (C=O) groups is 2. The largest absolute Gasteiger partial charge is 0.390 e. The molecule has 4 atom stereocenters. The summed E-state index contributed by atoms with van der Waals surface area (Å²) in [7, 11) is 0. The van der Waals surface area contributed by atoms with E-state index in [0.717, 1.165) is 44.6 Å². The van der Waals surface area contributed by atoms with Gasteiger partial charge in [0.25, 0.3) is 5.91 Å². The summed E-state index contributed by atoms with van der Waals surface area (Å²) >= 11 is 0. The molecule has 41 heavy (non-hydrogen) atoms. The van der Waals surface area contributed by atoms with Crippen LogP contribution in [-0.4, -0.2) is 92.5 Å². The Morgan fingerprint density at radius 2 is 1.63 bits per heavy atom. The zero-order valence-electron chi connectivity index (χ0n) is 23.3. The molecule has 1 saturated carbocycles. The highest BCUT2D eigenvalue weighted by Gasteiger charge is 2.56. The standard InChI is InChI=1S/C32H36N6O3/c1-20(39)38-17-24-25(18-38)30(24)34-29-15-26(33-31(35-29)22-8-3-2-4-9-22)32(41)37-14-12-27(28(40)19-37)36-13-11-21-7-5-6-10-23(21)16-36/h2-10,15,24-25,27-28,30,40H,11-14,16-19H2,1H3,(H,33,34,35)/t24?,25?,27-,28-,30?/m1/s1. The Labute approximate surface area is 240 Å². The van der Waals surface area contributed by atoms with Crippen molar-refractivity contribution in [1.29, 1.82) is 0 Å². The van der Waals surface area contributed by atoms with Crippen LogP contribution < -0.4 is 5.32 Å². The second kappa shape index (κ2) is 10.5. The first-order valence-corrected chi connectivity index (χ1v) is 14.7. The van der Waals surface area contributed by atoms with Gasteiger partial charge in [0.1, 0.15) is 11.5 Å². The molecule has 1 aromatic heterocycles. The molecule has 7 rings (SSSR count). The molecule has 3 aromatic rings. The van der Waals surface area contributed by atoms with E-state index >= 15 is 0 Å². The molecule has 0 spiro atoms. The van der Waals surface area contributed by atoms with Crippen molar-refractivity contribution in [1.82, 2.24) is 24.7 Å². The fourth-order valence-electron chi connectivity index (χ4n) is 7.01. The van der Waals surface area contributed by atoms with Gasteiger partial charge in [0.2, 0.25) is 5.91 Å². The number of fused-ring (bicyclic) bond motifs is 2. The molecule has 0 radical (unpaired) electrons. The summed E-state index contributed by atoms with van der Waals surface area (Å²) in [6.07, 6.45) is 1.08. The van der Waals surface area contributed by atoms with Crippen molar-refractivity contribution in [2.24, 2.45) is 11.8 Å². The van der Waals surface area contributed by atoms with Gasteiger partial charge in [-0.2, -0.15) is 0 Å². The first kappa shape index (κ1) is 26.1. The molecule has 4 aliphatic rings. The van der Waals surface area contributed by atoms with Crippen LogP contribution in [0, 0.1) is 11.8 Å². The smallest absolute Gasteiger partial charge is 0.272 e. The van der Waals surface area contributed by atoms with Crippen molar-refractivity contribution in [3.05, 3.63) is 77.5 Å². The van der Waals surface area contributed by atoms with E-state index in [2.05, 4.69) is 39.5 Å². The van der Waals surface area contributed by atoms with E-state index < -0.39 is 6.10 Å². The van der Waals surface area contributed by atoms with Crippen LogP contribution in [0.4, 0.5) is 5.82 Å². The Bertz CT molecular complexity index is 1450. The maximum Gasteiger partial charge on any atom is 0.272 e. The maximum absolute atomic E-state index is 13.8. The average Bonchev–Trinajstić information content (AvgIpc) is 3.41. The maximum atomic E-state index is 13.8. The third-order valence-electron chi connectivity index (χ3n) is 9.39. The highest BCUT2D eigenvalue weighted by Crippen LogP contribution is 2.47. The number of aliphatic hydroxyl groups excluding tert-OH is 1. The van der Waals surface area contributed by atoms with Gasteiger partial charge in [-0.05, 0) is 24.0 Å². The first-order valence-electron chi connectivity index (χ1n) is 14.7. The highest BCUT2D eigenvalue weighted by molar-refractivity contribution is 5.93. The summed E-state index contributed by atoms with van der Waals surface area (Å²) in [5.74, 6) is 1.87. The van der Waals surface area contributed by atoms with E-state index in [-0.39, 0.29) is 30.4 Å². The number of aliphatic hydroxyl groups is 1. The lowest BCUT2D eigenvalue weighted by Crippen LogP contribution is -2.56. The number of hydrogen-bond donors (Lipinski definition) is 2. The molecule has 2 N–H and O–H groups in total. The summed E-state index contributed by atoms with van der Waals surface area (Å²) < 4.78 is 0. The number of rotatable bonds is 5. The number of nitrogens with one attached hydrogen (secondary N) is 1. The van der Waals surface area contributed by atoms with Gasteiger partial charge in [-0.3, -0.25) is 14.5 Å². The predicted octanol–water partition coefficient (Wildman–Crippen LogP) is 2.67. The van der Waals surface area contributed by atoms with Crippen molar-refractivity contribution < 1.29 is 14.7 Å². The van der Waals surface area contributed by atoms with E-state index in [1.54, 1.807) is 17.9 Å². The summed E-state index contributed by atoms with van der Waals surface area (Å²) in [6.45, 7) is 5.74. The number of likely N-dealkylation sites (tertiary alicyclic amines) is 2. The number of β-amino-alcohol motifs (C(OH)–C–C–N with tert-alkyl or cyclic N) is 1. The van der Waals surface area contributed by atoms with Crippen LogP contribution in [0.25, 0.3) is 11.4 Å². The second-order valence-corrected chi connectivity index (χ2v) is 11.9. The van der Waals surface area contributed by atoms with Gasteiger partial charge in [0.15, 0.2) is 5.82 Å². The molecular weight excluding hydrogens is 516 g/mol. The zero-order valence-corrected chi connectivity index (χ0v) is 23.3. The summed E-state index contributed by atoms with van der Waals surface area (Å²) in [4.78, 5) is 41.0. The number of nitrogens with zero attached hydrogens (tertiary/aromatic N) is 5. The number of aromatic nitrogens is 2. The lowest BCUT2D eigenvalue weighted by atomic mass is 9.94. The number of benzene rings is 2. The quantitative estimate of drug-likeness (QED) is 0.502. The van der Waals surface area contributed by atoms with Crippen LogP contribution in [0.1, 0.15) is 35.0 Å². The molecule has 4 heterocycles. The number of carbonyl (C=O) groups excluding carboxylic acids is 2. The van der Waals surface area contributed by atoms with Crippen LogP contribution in [0.3, 0.4) is 0 Å². The Hall–Kier alpha value is -3.82. The minimum atomic E-state index is -0.624. The van der Waals surface area contributed by atoms with Crippen molar-refractivity contribution in [2.45, 2.75) is 44.5 Å². The number of amides is 2. The van der Waals surface area contributed by atoms with Crippen molar-refractivity contribution in [3.8, 4) is 11.4 Å². The fourth-order valence-corrected chi connectivity index (χ4v) is 7.01. The third-order valence-corrected chi connectivity index (χ3v) is 9.39. The lowest BCUT2D eigenvalue weighted by molar-refractivity contribution is -0.128. The van der Waals surface area contributed by atoms with Gasteiger partial charge in [0.05, 0.1) is 6.10 Å². The van der Waals surface area contributed by atoms with E-state index in [1.165, 1.54) is 11.1 Å². The van der Waals surface area contributed by atoms with Gasteiger partial charge >= 0.3 is 0 Å². The van der Waals surface area contributed by atoms with Crippen LogP contribution in [0.15, 0.2) is 60.7 Å². The van der Waals surface area contributed by atoms with Crippen molar-refractivity contribution >= 4 is 17.6 Å². The Morgan fingerprint density at radius 3 is 2.37 bits per heavy atom. The SMILES string of the molecule is CC(=O)N1CC2C(C1)C2Nc1cc(C(=O)N2CC[C@@H](N3CCc4ccccc4C3)[C@H](O)C2)nc(-c2ccccc2)n1. The second-order valence-electron chi connectivity index (χ2n) is 11.9. The van der Waals surface area contributed by atoms with Crippen LogP contribution in [0.2, 0.25) is 0 Å². The minimum Gasteiger partial charge on any atom is -0.390 e. The Kier molecular flexibility index (Phi) is 6.71. The molecule has 212 valence electrons. The number of piperidine rings is 2. The summed E-state index contributed by atoms with van der Waals surface area (Å²) in [6, 6.07) is 20.2. The monoisotopic (exact) mass is 552 g/mol. The van der Waals surface area contributed by atoms with Gasteiger partial charge in [0, 0.05) is 81.7 Å².